The summed E-state index contributed by atoms with van der Waals surface area (Å²) in [4.78, 5) is 42.7. The van der Waals surface area contributed by atoms with Crippen molar-refractivity contribution in [3.8, 4) is 0 Å². The van der Waals surface area contributed by atoms with Crippen molar-refractivity contribution in [2.75, 3.05) is 19.6 Å². The Balaban J connectivity index is 1.48. The molecule has 0 bridgehead atoms. The van der Waals surface area contributed by atoms with Crippen LogP contribution >= 0.6 is 15.9 Å². The molecule has 1 unspecified atom stereocenters. The van der Waals surface area contributed by atoms with E-state index >= 15 is 0 Å². The zero-order valence-corrected chi connectivity index (χ0v) is 16.8. The number of carbonyl (C=O) groups is 3. The topological polar surface area (TPSA) is 91.4 Å². The summed E-state index contributed by atoms with van der Waals surface area (Å²) in [6.07, 6.45) is 4.51. The monoisotopic (exact) mass is 444 g/mol. The molecule has 1 atom stereocenters. The lowest BCUT2D eigenvalue weighted by Crippen LogP contribution is -2.47. The van der Waals surface area contributed by atoms with Crippen LogP contribution in [0.2, 0.25) is 0 Å². The largest absolute Gasteiger partial charge is 0.353 e. The summed E-state index contributed by atoms with van der Waals surface area (Å²) in [7, 11) is 0. The van der Waals surface area contributed by atoms with E-state index in [0.29, 0.717) is 37.2 Å². The summed E-state index contributed by atoms with van der Waals surface area (Å²) in [5.74, 6) is -0.580. The number of benzene rings is 1. The third-order valence-corrected chi connectivity index (χ3v) is 5.07. The zero-order valence-electron chi connectivity index (χ0n) is 15.2. The highest BCUT2D eigenvalue weighted by Crippen LogP contribution is 2.21. The lowest BCUT2D eigenvalue weighted by Gasteiger charge is -2.24. The van der Waals surface area contributed by atoms with E-state index in [1.165, 1.54) is 6.20 Å². The van der Waals surface area contributed by atoms with Crippen LogP contribution in [-0.2, 0) is 4.79 Å². The fourth-order valence-corrected chi connectivity index (χ4v) is 3.38. The molecule has 1 saturated heterocycles. The molecule has 3 amide bonds. The highest BCUT2D eigenvalue weighted by atomic mass is 79.9. The Morgan fingerprint density at radius 2 is 1.82 bits per heavy atom. The van der Waals surface area contributed by atoms with Gasteiger partial charge in [-0.15, -0.1) is 0 Å². The number of carbonyl (C=O) groups excluding carboxylic acids is 3. The first-order chi connectivity index (χ1) is 13.6. The maximum absolute atomic E-state index is 12.7. The van der Waals surface area contributed by atoms with Crippen molar-refractivity contribution in [2.24, 2.45) is 0 Å². The number of hydrogen-bond donors (Lipinski definition) is 2. The molecule has 28 heavy (non-hydrogen) atoms. The molecule has 7 nitrogen and oxygen atoms in total. The van der Waals surface area contributed by atoms with Crippen molar-refractivity contribution in [3.05, 3.63) is 64.4 Å². The molecule has 1 aromatic heterocycles. The highest BCUT2D eigenvalue weighted by Gasteiger charge is 2.34. The van der Waals surface area contributed by atoms with Gasteiger partial charge in [0, 0.05) is 42.1 Å². The van der Waals surface area contributed by atoms with Gasteiger partial charge >= 0.3 is 0 Å². The van der Waals surface area contributed by atoms with Crippen molar-refractivity contribution in [1.82, 2.24) is 20.5 Å². The second-order valence-corrected chi connectivity index (χ2v) is 7.37. The maximum Gasteiger partial charge on any atom is 0.254 e. The molecule has 1 aliphatic heterocycles. The molecule has 0 saturated carbocycles. The first-order valence-corrected chi connectivity index (χ1v) is 9.88. The molecule has 146 valence electrons. The fourth-order valence-electron chi connectivity index (χ4n) is 3.12. The fraction of sp³-hybridized carbons (Fsp3) is 0.300. The summed E-state index contributed by atoms with van der Waals surface area (Å²) >= 11 is 3.35. The zero-order chi connectivity index (χ0) is 19.9. The van der Waals surface area contributed by atoms with E-state index in [1.807, 2.05) is 12.1 Å². The molecule has 2 heterocycles. The Bertz CT molecular complexity index is 842. The quantitative estimate of drug-likeness (QED) is 0.666. The molecule has 2 aromatic rings. The molecule has 8 heteroatoms. The van der Waals surface area contributed by atoms with E-state index in [1.54, 1.807) is 35.4 Å². The van der Waals surface area contributed by atoms with Crippen LogP contribution in [0.5, 0.6) is 0 Å². The standard InChI is InChI=1S/C20H21BrN4O3/c21-16-7-5-14(6-8-16)20(28)25-12-2-4-17(25)19(27)24-11-10-23-18(26)15-3-1-9-22-13-15/h1,3,5-9,13,17H,2,4,10-12H2,(H,23,26)(H,24,27). The number of amides is 3. The van der Waals surface area contributed by atoms with Crippen molar-refractivity contribution in [1.29, 1.82) is 0 Å². The SMILES string of the molecule is O=C(NCCNC(=O)C1CCCN1C(=O)c1ccc(Br)cc1)c1cccnc1. The second-order valence-electron chi connectivity index (χ2n) is 6.45. The smallest absolute Gasteiger partial charge is 0.254 e. The first-order valence-electron chi connectivity index (χ1n) is 9.09. The number of nitrogens with zero attached hydrogens (tertiary/aromatic N) is 2. The first kappa shape index (κ1) is 20.0. The van der Waals surface area contributed by atoms with Crippen LogP contribution in [-0.4, -0.2) is 53.3 Å². The van der Waals surface area contributed by atoms with Gasteiger partial charge in [-0.05, 0) is 49.2 Å². The summed E-state index contributed by atoms with van der Waals surface area (Å²) in [6.45, 7) is 1.15. The third kappa shape index (κ3) is 4.95. The maximum atomic E-state index is 12.7. The van der Waals surface area contributed by atoms with Gasteiger partial charge in [-0.2, -0.15) is 0 Å². The molecular formula is C20H21BrN4O3. The molecule has 3 rings (SSSR count). The second kappa shape index (κ2) is 9.45. The Morgan fingerprint density at radius 1 is 1.07 bits per heavy atom. The van der Waals surface area contributed by atoms with E-state index in [0.717, 1.165) is 10.9 Å². The van der Waals surface area contributed by atoms with E-state index in [4.69, 9.17) is 0 Å². The van der Waals surface area contributed by atoms with Crippen LogP contribution in [0.15, 0.2) is 53.3 Å². The Kier molecular flexibility index (Phi) is 6.76. The van der Waals surface area contributed by atoms with E-state index in [-0.39, 0.29) is 17.7 Å². The van der Waals surface area contributed by atoms with E-state index in [2.05, 4.69) is 31.5 Å². The van der Waals surface area contributed by atoms with Crippen LogP contribution in [0, 0.1) is 0 Å². The van der Waals surface area contributed by atoms with Crippen LogP contribution in [0.25, 0.3) is 0 Å². The van der Waals surface area contributed by atoms with E-state index in [9.17, 15) is 14.4 Å². The normalized spacial score (nSPS) is 15.9. The van der Waals surface area contributed by atoms with Crippen LogP contribution in [0.1, 0.15) is 33.6 Å². The number of pyridine rings is 1. The molecular weight excluding hydrogens is 424 g/mol. The van der Waals surface area contributed by atoms with Crippen LogP contribution in [0.3, 0.4) is 0 Å². The number of hydrogen-bond acceptors (Lipinski definition) is 4. The minimum absolute atomic E-state index is 0.143. The summed E-state index contributed by atoms with van der Waals surface area (Å²) in [5, 5.41) is 5.54. The minimum atomic E-state index is -0.481. The number of halogens is 1. The van der Waals surface area contributed by atoms with Crippen LogP contribution < -0.4 is 10.6 Å². The van der Waals surface area contributed by atoms with Crippen LogP contribution in [0.4, 0.5) is 0 Å². The average Bonchev–Trinajstić information content (AvgIpc) is 3.21. The third-order valence-electron chi connectivity index (χ3n) is 4.54. The van der Waals surface area contributed by atoms with E-state index < -0.39 is 6.04 Å². The number of aromatic nitrogens is 1. The van der Waals surface area contributed by atoms with Gasteiger partial charge in [0.05, 0.1) is 5.56 Å². The van der Waals surface area contributed by atoms with Gasteiger partial charge in [-0.1, -0.05) is 15.9 Å². The van der Waals surface area contributed by atoms with Gasteiger partial charge in [0.25, 0.3) is 11.8 Å². The lowest BCUT2D eigenvalue weighted by molar-refractivity contribution is -0.124. The summed E-state index contributed by atoms with van der Waals surface area (Å²) < 4.78 is 0.896. The summed E-state index contributed by atoms with van der Waals surface area (Å²) in [6, 6.07) is 9.98. The molecule has 1 aliphatic rings. The predicted octanol–water partition coefficient (Wildman–Crippen LogP) is 1.99. The number of rotatable bonds is 6. The van der Waals surface area contributed by atoms with Gasteiger partial charge in [0.2, 0.25) is 5.91 Å². The molecule has 1 fully saturated rings. The number of nitrogens with one attached hydrogen (secondary N) is 2. The van der Waals surface area contributed by atoms with Crippen molar-refractivity contribution >= 4 is 33.7 Å². The van der Waals surface area contributed by atoms with Gasteiger partial charge in [0.1, 0.15) is 6.04 Å². The van der Waals surface area contributed by atoms with Gasteiger partial charge in [-0.25, -0.2) is 0 Å². The van der Waals surface area contributed by atoms with Crippen molar-refractivity contribution < 1.29 is 14.4 Å². The van der Waals surface area contributed by atoms with Gasteiger partial charge in [0.15, 0.2) is 0 Å². The molecule has 0 radical (unpaired) electrons. The van der Waals surface area contributed by atoms with Gasteiger partial charge < -0.3 is 15.5 Å². The van der Waals surface area contributed by atoms with Crippen molar-refractivity contribution in [2.45, 2.75) is 18.9 Å². The predicted molar refractivity (Wildman–Crippen MR) is 108 cm³/mol. The lowest BCUT2D eigenvalue weighted by atomic mass is 10.1. The molecule has 0 aliphatic carbocycles. The average molecular weight is 445 g/mol. The Labute approximate surface area is 171 Å². The van der Waals surface area contributed by atoms with Crippen molar-refractivity contribution in [3.63, 3.8) is 0 Å². The minimum Gasteiger partial charge on any atom is -0.353 e. The summed E-state index contributed by atoms with van der Waals surface area (Å²) in [5.41, 5.74) is 1.03. The molecule has 2 N–H and O–H groups in total. The Morgan fingerprint density at radius 3 is 2.54 bits per heavy atom. The highest BCUT2D eigenvalue weighted by molar-refractivity contribution is 9.10. The molecule has 1 aromatic carbocycles. The Hall–Kier alpha value is -2.74. The molecule has 0 spiro atoms. The number of likely N-dealkylation sites (tertiary alicyclic amines) is 1. The van der Waals surface area contributed by atoms with Gasteiger partial charge in [-0.3, -0.25) is 19.4 Å².